The van der Waals surface area contributed by atoms with Crippen LogP contribution in [0, 0.1) is 0 Å². The van der Waals surface area contributed by atoms with E-state index >= 15 is 0 Å². The summed E-state index contributed by atoms with van der Waals surface area (Å²) in [7, 11) is 3.03. The molecule has 1 aliphatic heterocycles. The maximum absolute atomic E-state index is 11.7. The van der Waals surface area contributed by atoms with Crippen LogP contribution in [-0.4, -0.2) is 44.4 Å². The zero-order valence-electron chi connectivity index (χ0n) is 11.5. The molecule has 0 aromatic heterocycles. The molecular formula is C14H19NO4. The van der Waals surface area contributed by atoms with Gasteiger partial charge in [0, 0.05) is 0 Å². The van der Waals surface area contributed by atoms with Gasteiger partial charge in [0.05, 0.1) is 33.4 Å². The van der Waals surface area contributed by atoms with E-state index in [-0.39, 0.29) is 18.2 Å². The standard InChI is InChI=1S/C14H19NO4/c1-10-9-19-13(8-15(10)14(16)18-3)11-4-6-12(17-2)7-5-11/h4-7,10,13H,8-9H2,1-3H3. The first-order chi connectivity index (χ1) is 9.15. The lowest BCUT2D eigenvalue weighted by molar-refractivity contribution is -0.0528. The Morgan fingerprint density at radius 3 is 2.58 bits per heavy atom. The summed E-state index contributed by atoms with van der Waals surface area (Å²) in [6.45, 7) is 2.95. The van der Waals surface area contributed by atoms with Crippen molar-refractivity contribution < 1.29 is 19.0 Å². The van der Waals surface area contributed by atoms with E-state index in [4.69, 9.17) is 14.2 Å². The topological polar surface area (TPSA) is 48.0 Å². The van der Waals surface area contributed by atoms with Crippen LogP contribution in [0.1, 0.15) is 18.6 Å². The molecule has 5 nitrogen and oxygen atoms in total. The highest BCUT2D eigenvalue weighted by Crippen LogP contribution is 2.26. The van der Waals surface area contributed by atoms with Gasteiger partial charge in [0.1, 0.15) is 11.9 Å². The number of hydrogen-bond acceptors (Lipinski definition) is 4. The minimum Gasteiger partial charge on any atom is -0.497 e. The Morgan fingerprint density at radius 1 is 1.32 bits per heavy atom. The number of rotatable bonds is 2. The van der Waals surface area contributed by atoms with E-state index in [2.05, 4.69) is 0 Å². The molecule has 2 atom stereocenters. The molecule has 0 spiro atoms. The summed E-state index contributed by atoms with van der Waals surface area (Å²) in [5, 5.41) is 0. The summed E-state index contributed by atoms with van der Waals surface area (Å²) in [5.41, 5.74) is 1.03. The van der Waals surface area contributed by atoms with Gasteiger partial charge in [-0.05, 0) is 24.6 Å². The Morgan fingerprint density at radius 2 is 2.00 bits per heavy atom. The average Bonchev–Trinajstić information content (AvgIpc) is 2.47. The number of morpholine rings is 1. The van der Waals surface area contributed by atoms with Gasteiger partial charge in [0.25, 0.3) is 0 Å². The molecule has 104 valence electrons. The van der Waals surface area contributed by atoms with Crippen LogP contribution in [0.15, 0.2) is 24.3 Å². The van der Waals surface area contributed by atoms with Gasteiger partial charge in [0.15, 0.2) is 0 Å². The molecule has 1 aromatic rings. The molecule has 1 saturated heterocycles. The van der Waals surface area contributed by atoms with E-state index in [9.17, 15) is 4.79 Å². The molecule has 0 N–H and O–H groups in total. The van der Waals surface area contributed by atoms with Gasteiger partial charge in [-0.25, -0.2) is 4.79 Å². The van der Waals surface area contributed by atoms with Crippen molar-refractivity contribution >= 4 is 6.09 Å². The number of amides is 1. The van der Waals surface area contributed by atoms with Crippen LogP contribution in [0.3, 0.4) is 0 Å². The average molecular weight is 265 g/mol. The highest BCUT2D eigenvalue weighted by Gasteiger charge is 2.30. The summed E-state index contributed by atoms with van der Waals surface area (Å²) in [6.07, 6.45) is -0.435. The SMILES string of the molecule is COC(=O)N1CC(c2ccc(OC)cc2)OCC1C. The first-order valence-electron chi connectivity index (χ1n) is 6.26. The van der Waals surface area contributed by atoms with Crippen LogP contribution in [0.2, 0.25) is 0 Å². The maximum Gasteiger partial charge on any atom is 0.409 e. The fraction of sp³-hybridized carbons (Fsp3) is 0.500. The molecule has 0 radical (unpaired) electrons. The first kappa shape index (κ1) is 13.7. The molecule has 0 saturated carbocycles. The number of benzene rings is 1. The number of carbonyl (C=O) groups is 1. The molecule has 0 aliphatic carbocycles. The lowest BCUT2D eigenvalue weighted by atomic mass is 10.1. The Bertz CT molecular complexity index is 432. The number of carbonyl (C=O) groups excluding carboxylic acids is 1. The zero-order chi connectivity index (χ0) is 13.8. The normalized spacial score (nSPS) is 23.0. The molecule has 1 aliphatic rings. The third-order valence-electron chi connectivity index (χ3n) is 3.33. The highest BCUT2D eigenvalue weighted by molar-refractivity contribution is 5.68. The van der Waals surface area contributed by atoms with Crippen molar-refractivity contribution in [1.82, 2.24) is 4.90 Å². The maximum atomic E-state index is 11.7. The predicted molar refractivity (Wildman–Crippen MR) is 70.3 cm³/mol. The van der Waals surface area contributed by atoms with Crippen LogP contribution in [0.25, 0.3) is 0 Å². The van der Waals surface area contributed by atoms with Gasteiger partial charge in [-0.1, -0.05) is 12.1 Å². The molecule has 2 rings (SSSR count). The molecule has 0 bridgehead atoms. The molecule has 2 unspecified atom stereocenters. The monoisotopic (exact) mass is 265 g/mol. The molecule has 5 heteroatoms. The molecule has 1 aromatic carbocycles. The molecule has 19 heavy (non-hydrogen) atoms. The second kappa shape index (κ2) is 5.93. The number of hydrogen-bond donors (Lipinski definition) is 0. The van der Waals surface area contributed by atoms with Crippen molar-refractivity contribution in [2.45, 2.75) is 19.1 Å². The minimum absolute atomic E-state index is 0.0296. The Hall–Kier alpha value is -1.75. The van der Waals surface area contributed by atoms with Crippen LogP contribution in [0.5, 0.6) is 5.75 Å². The van der Waals surface area contributed by atoms with Crippen molar-refractivity contribution in [2.75, 3.05) is 27.4 Å². The van der Waals surface area contributed by atoms with Crippen LogP contribution in [-0.2, 0) is 9.47 Å². The minimum atomic E-state index is -0.311. The fourth-order valence-electron chi connectivity index (χ4n) is 2.15. The van der Waals surface area contributed by atoms with E-state index in [0.29, 0.717) is 13.2 Å². The largest absolute Gasteiger partial charge is 0.497 e. The van der Waals surface area contributed by atoms with E-state index in [1.54, 1.807) is 12.0 Å². The van der Waals surface area contributed by atoms with Crippen molar-refractivity contribution in [2.24, 2.45) is 0 Å². The summed E-state index contributed by atoms with van der Waals surface area (Å²) in [6, 6.07) is 7.71. The van der Waals surface area contributed by atoms with Crippen molar-refractivity contribution in [3.05, 3.63) is 29.8 Å². The van der Waals surface area contributed by atoms with E-state index in [0.717, 1.165) is 11.3 Å². The Labute approximate surface area is 113 Å². The molecular weight excluding hydrogens is 246 g/mol. The number of methoxy groups -OCH3 is 2. The summed E-state index contributed by atoms with van der Waals surface area (Å²) >= 11 is 0. The summed E-state index contributed by atoms with van der Waals surface area (Å²) in [5.74, 6) is 0.803. The van der Waals surface area contributed by atoms with Crippen LogP contribution in [0.4, 0.5) is 4.79 Å². The van der Waals surface area contributed by atoms with Crippen molar-refractivity contribution in [1.29, 1.82) is 0 Å². The van der Waals surface area contributed by atoms with Crippen LogP contribution >= 0.6 is 0 Å². The third-order valence-corrected chi connectivity index (χ3v) is 3.33. The lowest BCUT2D eigenvalue weighted by Gasteiger charge is -2.37. The Kier molecular flexibility index (Phi) is 4.27. The zero-order valence-corrected chi connectivity index (χ0v) is 11.5. The molecule has 1 heterocycles. The number of ether oxygens (including phenoxy) is 3. The molecule has 1 amide bonds. The molecule has 1 fully saturated rings. The second-order valence-corrected chi connectivity index (χ2v) is 4.57. The van der Waals surface area contributed by atoms with E-state index in [1.165, 1.54) is 7.11 Å². The summed E-state index contributed by atoms with van der Waals surface area (Å²) < 4.78 is 15.7. The summed E-state index contributed by atoms with van der Waals surface area (Å²) in [4.78, 5) is 13.4. The number of nitrogens with zero attached hydrogens (tertiary/aromatic N) is 1. The van der Waals surface area contributed by atoms with Crippen molar-refractivity contribution in [3.8, 4) is 5.75 Å². The van der Waals surface area contributed by atoms with E-state index < -0.39 is 0 Å². The highest BCUT2D eigenvalue weighted by atomic mass is 16.5. The second-order valence-electron chi connectivity index (χ2n) is 4.57. The van der Waals surface area contributed by atoms with E-state index in [1.807, 2.05) is 31.2 Å². The Balaban J connectivity index is 2.10. The van der Waals surface area contributed by atoms with Gasteiger partial charge in [-0.3, -0.25) is 0 Å². The van der Waals surface area contributed by atoms with Gasteiger partial charge < -0.3 is 19.1 Å². The van der Waals surface area contributed by atoms with Gasteiger partial charge >= 0.3 is 6.09 Å². The van der Waals surface area contributed by atoms with Gasteiger partial charge in [-0.15, -0.1) is 0 Å². The third kappa shape index (κ3) is 2.98. The quantitative estimate of drug-likeness (QED) is 0.822. The van der Waals surface area contributed by atoms with Gasteiger partial charge in [0.2, 0.25) is 0 Å². The van der Waals surface area contributed by atoms with Crippen LogP contribution < -0.4 is 4.74 Å². The predicted octanol–water partition coefficient (Wildman–Crippen LogP) is 2.22. The fourth-order valence-corrected chi connectivity index (χ4v) is 2.15. The van der Waals surface area contributed by atoms with Crippen molar-refractivity contribution in [3.63, 3.8) is 0 Å². The smallest absolute Gasteiger partial charge is 0.409 e. The van der Waals surface area contributed by atoms with Gasteiger partial charge in [-0.2, -0.15) is 0 Å². The lowest BCUT2D eigenvalue weighted by Crippen LogP contribution is -2.48. The first-order valence-corrected chi connectivity index (χ1v) is 6.26.